The van der Waals surface area contributed by atoms with Gasteiger partial charge in [0.1, 0.15) is 6.33 Å². The molecule has 0 saturated heterocycles. The van der Waals surface area contributed by atoms with Crippen LogP contribution in [0.25, 0.3) is 0 Å². The topological polar surface area (TPSA) is 30.7 Å². The van der Waals surface area contributed by atoms with Crippen LogP contribution in [-0.2, 0) is 7.05 Å². The largest absolute Gasteiger partial charge is 1.00 e. The summed E-state index contributed by atoms with van der Waals surface area (Å²) in [6.07, 6.45) is 1.30. The number of aromatic nitrogens is 3. The van der Waals surface area contributed by atoms with Crippen LogP contribution in [0.5, 0.6) is 0 Å². The molecule has 0 aliphatic heterocycles. The van der Waals surface area contributed by atoms with Crippen LogP contribution in [0.15, 0.2) is 23.5 Å². The van der Waals surface area contributed by atoms with Gasteiger partial charge in [-0.05, 0) is 5.75 Å². The molecule has 78 valence electrons. The molecule has 0 bridgehead atoms. The quantitative estimate of drug-likeness (QED) is 0.507. The van der Waals surface area contributed by atoms with E-state index in [0.29, 0.717) is 5.16 Å². The Kier molecular flexibility index (Phi) is 6.77. The summed E-state index contributed by atoms with van der Waals surface area (Å²) in [5.41, 5.74) is -0.710. The van der Waals surface area contributed by atoms with E-state index in [1.165, 1.54) is 11.0 Å². The minimum absolute atomic E-state index is 0. The van der Waals surface area contributed by atoms with Crippen molar-refractivity contribution in [1.29, 1.82) is 0 Å². The Bertz CT molecular complexity index is 341. The van der Waals surface area contributed by atoms with Crippen molar-refractivity contribution in [2.45, 2.75) is 5.16 Å². The normalized spacial score (nSPS) is 10.9. The third-order valence-electron chi connectivity index (χ3n) is 1.52. The SMILES string of the molecule is C=C(CSc1ncnn1C)[B-](F)(F)F.[K+]. The molecule has 1 heterocycles. The van der Waals surface area contributed by atoms with Gasteiger partial charge in [-0.1, -0.05) is 11.8 Å². The van der Waals surface area contributed by atoms with Gasteiger partial charge in [-0.2, -0.15) is 5.10 Å². The Morgan fingerprint density at radius 2 is 2.20 bits per heavy atom. The van der Waals surface area contributed by atoms with Crippen molar-refractivity contribution in [3.05, 3.63) is 18.4 Å². The monoisotopic (exact) mass is 261 g/mol. The summed E-state index contributed by atoms with van der Waals surface area (Å²) in [4.78, 5) is 3.78. The average Bonchev–Trinajstić information content (AvgIpc) is 2.45. The van der Waals surface area contributed by atoms with Gasteiger partial charge in [0.2, 0.25) is 0 Å². The summed E-state index contributed by atoms with van der Waals surface area (Å²) in [6.45, 7) is -1.96. The molecule has 0 atom stereocenters. The minimum atomic E-state index is -4.94. The molecule has 0 fully saturated rings. The Labute approximate surface area is 132 Å². The van der Waals surface area contributed by atoms with Gasteiger partial charge in [0.25, 0.3) is 0 Å². The third-order valence-corrected chi connectivity index (χ3v) is 2.66. The van der Waals surface area contributed by atoms with Gasteiger partial charge < -0.3 is 12.9 Å². The molecule has 0 aliphatic rings. The van der Waals surface area contributed by atoms with Crippen LogP contribution < -0.4 is 51.4 Å². The zero-order chi connectivity index (χ0) is 10.8. The van der Waals surface area contributed by atoms with Gasteiger partial charge in [0.15, 0.2) is 5.16 Å². The van der Waals surface area contributed by atoms with E-state index in [-0.39, 0.29) is 57.1 Å². The van der Waals surface area contributed by atoms with Crippen molar-refractivity contribution in [2.24, 2.45) is 7.05 Å². The Hall–Kier alpha value is 0.721. The molecule has 3 nitrogen and oxygen atoms in total. The van der Waals surface area contributed by atoms with Crippen molar-refractivity contribution in [3.63, 3.8) is 0 Å². The Morgan fingerprint density at radius 3 is 2.60 bits per heavy atom. The van der Waals surface area contributed by atoms with E-state index in [2.05, 4.69) is 16.7 Å². The average molecular weight is 261 g/mol. The molecule has 0 radical (unpaired) electrons. The van der Waals surface area contributed by atoms with E-state index >= 15 is 0 Å². The van der Waals surface area contributed by atoms with E-state index in [9.17, 15) is 12.9 Å². The fourth-order valence-electron chi connectivity index (χ4n) is 0.668. The molecule has 0 aromatic carbocycles. The first-order valence-corrected chi connectivity index (χ1v) is 4.74. The molecule has 15 heavy (non-hydrogen) atoms. The first-order valence-electron chi connectivity index (χ1n) is 3.75. The van der Waals surface area contributed by atoms with Crippen LogP contribution in [-0.4, -0.2) is 27.5 Å². The standard InChI is InChI=1S/C6H8BF3N3S.K/c1-5(7(8,9)10)3-14-6-11-4-12-13(6)2;/h4H,1,3H2,2H3;/q-1;+1. The molecular weight excluding hydrogens is 253 g/mol. The number of hydrogen-bond donors (Lipinski definition) is 0. The van der Waals surface area contributed by atoms with Gasteiger partial charge in [-0.25, -0.2) is 9.67 Å². The number of halogens is 3. The second-order valence-corrected chi connectivity index (χ2v) is 3.63. The fourth-order valence-corrected chi connectivity index (χ4v) is 1.53. The second-order valence-electron chi connectivity index (χ2n) is 2.69. The van der Waals surface area contributed by atoms with Crippen LogP contribution in [0.2, 0.25) is 0 Å². The predicted molar refractivity (Wildman–Crippen MR) is 49.9 cm³/mol. The van der Waals surface area contributed by atoms with E-state index < -0.39 is 12.4 Å². The predicted octanol–water partition coefficient (Wildman–Crippen LogP) is -1.15. The number of aryl methyl sites for hydroxylation is 1. The summed E-state index contributed by atoms with van der Waals surface area (Å²) in [5, 5.41) is 4.19. The fraction of sp³-hybridized carbons (Fsp3) is 0.333. The summed E-state index contributed by atoms with van der Waals surface area (Å²) in [5.74, 6) is -0.198. The Morgan fingerprint density at radius 1 is 1.60 bits per heavy atom. The van der Waals surface area contributed by atoms with Gasteiger partial charge in [0.05, 0.1) is 0 Å². The number of thioether (sulfide) groups is 1. The van der Waals surface area contributed by atoms with Crippen molar-refractivity contribution >= 4 is 18.7 Å². The number of hydrogen-bond acceptors (Lipinski definition) is 3. The second kappa shape index (κ2) is 6.46. The van der Waals surface area contributed by atoms with Crippen molar-refractivity contribution in [3.8, 4) is 0 Å². The van der Waals surface area contributed by atoms with Crippen LogP contribution in [0.4, 0.5) is 12.9 Å². The Balaban J connectivity index is 0.00000196. The molecule has 0 unspecified atom stereocenters. The van der Waals surface area contributed by atoms with Gasteiger partial charge in [-0.3, -0.25) is 0 Å². The third kappa shape index (κ3) is 5.05. The molecule has 0 N–H and O–H groups in total. The zero-order valence-electron chi connectivity index (χ0n) is 8.45. The first-order chi connectivity index (χ1) is 6.41. The summed E-state index contributed by atoms with van der Waals surface area (Å²) < 4.78 is 37.7. The molecule has 1 aromatic heterocycles. The van der Waals surface area contributed by atoms with E-state index in [1.807, 2.05) is 0 Å². The summed E-state index contributed by atoms with van der Waals surface area (Å²) >= 11 is 0.974. The zero-order valence-corrected chi connectivity index (χ0v) is 12.4. The van der Waals surface area contributed by atoms with Crippen molar-refractivity contribution in [1.82, 2.24) is 14.8 Å². The maximum atomic E-state index is 12.1. The van der Waals surface area contributed by atoms with Crippen molar-refractivity contribution < 1.29 is 64.3 Å². The van der Waals surface area contributed by atoms with Crippen LogP contribution in [0, 0.1) is 0 Å². The minimum Gasteiger partial charge on any atom is -0.445 e. The maximum absolute atomic E-state index is 12.1. The molecule has 0 amide bonds. The van der Waals surface area contributed by atoms with Crippen LogP contribution in [0.3, 0.4) is 0 Å². The molecule has 0 saturated carbocycles. The molecule has 0 aliphatic carbocycles. The van der Waals surface area contributed by atoms with Crippen LogP contribution >= 0.6 is 11.8 Å². The first kappa shape index (κ1) is 15.7. The molecule has 1 rings (SSSR count). The van der Waals surface area contributed by atoms with Gasteiger partial charge in [0, 0.05) is 7.05 Å². The van der Waals surface area contributed by atoms with Gasteiger partial charge >= 0.3 is 58.4 Å². The molecule has 9 heteroatoms. The molecular formula is C6H8BF3KN3S. The van der Waals surface area contributed by atoms with Crippen molar-refractivity contribution in [2.75, 3.05) is 5.75 Å². The van der Waals surface area contributed by atoms with E-state index in [0.717, 1.165) is 11.8 Å². The summed E-state index contributed by atoms with van der Waals surface area (Å²) in [6, 6.07) is 0. The number of rotatable bonds is 4. The van der Waals surface area contributed by atoms with Crippen LogP contribution in [0.1, 0.15) is 0 Å². The van der Waals surface area contributed by atoms with E-state index in [1.54, 1.807) is 7.05 Å². The smallest absolute Gasteiger partial charge is 0.445 e. The number of nitrogens with zero attached hydrogens (tertiary/aromatic N) is 3. The van der Waals surface area contributed by atoms with E-state index in [4.69, 9.17) is 0 Å². The van der Waals surface area contributed by atoms with Gasteiger partial charge in [-0.15, -0.1) is 12.1 Å². The molecule has 0 spiro atoms. The summed E-state index contributed by atoms with van der Waals surface area (Å²) in [7, 11) is 1.62. The maximum Gasteiger partial charge on any atom is 1.00 e. The molecule has 1 aromatic rings.